The van der Waals surface area contributed by atoms with Crippen LogP contribution >= 0.6 is 0 Å². The minimum absolute atomic E-state index is 0.421. The molecule has 3 nitrogen and oxygen atoms in total. The quantitative estimate of drug-likeness (QED) is 0.689. The third-order valence-corrected chi connectivity index (χ3v) is 2.30. The number of carboxylic acids is 1. The maximum Gasteiger partial charge on any atom is 0.330 e. The summed E-state index contributed by atoms with van der Waals surface area (Å²) in [5.74, 6) is -0.228. The first-order valence-electron chi connectivity index (χ1n) is 5.48. The van der Waals surface area contributed by atoms with Gasteiger partial charge in [-0.15, -0.1) is 0 Å². The first-order chi connectivity index (χ1) is 6.84. The van der Waals surface area contributed by atoms with E-state index in [2.05, 4.69) is 32.6 Å². The Morgan fingerprint density at radius 1 is 1.33 bits per heavy atom. The summed E-state index contributed by atoms with van der Waals surface area (Å²) in [6.07, 6.45) is 1.78. The van der Waals surface area contributed by atoms with Crippen molar-refractivity contribution in [2.75, 3.05) is 13.1 Å². The molecule has 0 radical (unpaired) electrons. The lowest BCUT2D eigenvalue weighted by Gasteiger charge is -2.26. The molecule has 0 aliphatic rings. The Hall–Kier alpha value is -0.830. The van der Waals surface area contributed by atoms with E-state index in [9.17, 15) is 4.79 Å². The van der Waals surface area contributed by atoms with Gasteiger partial charge in [-0.05, 0) is 26.7 Å². The molecule has 0 amide bonds. The van der Waals surface area contributed by atoms with E-state index in [0.717, 1.165) is 6.54 Å². The number of hydrogen-bond donors (Lipinski definition) is 1. The van der Waals surface area contributed by atoms with Crippen LogP contribution in [-0.2, 0) is 4.79 Å². The van der Waals surface area contributed by atoms with Crippen molar-refractivity contribution in [3.8, 4) is 0 Å². The van der Waals surface area contributed by atoms with E-state index in [4.69, 9.17) is 5.11 Å². The van der Waals surface area contributed by atoms with E-state index in [1.54, 1.807) is 13.0 Å². The average molecular weight is 213 g/mol. The van der Waals surface area contributed by atoms with Crippen LogP contribution in [0.4, 0.5) is 0 Å². The first-order valence-corrected chi connectivity index (χ1v) is 5.48. The van der Waals surface area contributed by atoms with E-state index in [0.29, 0.717) is 24.1 Å². The number of carbonyl (C=O) groups is 1. The van der Waals surface area contributed by atoms with Crippen molar-refractivity contribution < 1.29 is 9.90 Å². The molecule has 0 aromatic heterocycles. The van der Waals surface area contributed by atoms with E-state index in [1.165, 1.54) is 0 Å². The molecular formula is C12H23NO2. The van der Waals surface area contributed by atoms with Crippen LogP contribution in [0, 0.1) is 5.92 Å². The summed E-state index contributed by atoms with van der Waals surface area (Å²) >= 11 is 0. The Kier molecular flexibility index (Phi) is 6.25. The molecule has 1 N–H and O–H groups in total. The van der Waals surface area contributed by atoms with Crippen LogP contribution in [0.15, 0.2) is 11.6 Å². The van der Waals surface area contributed by atoms with Crippen molar-refractivity contribution in [1.29, 1.82) is 0 Å². The van der Waals surface area contributed by atoms with Gasteiger partial charge >= 0.3 is 5.97 Å². The van der Waals surface area contributed by atoms with Gasteiger partial charge in [0.15, 0.2) is 0 Å². The molecule has 0 unspecified atom stereocenters. The van der Waals surface area contributed by atoms with Crippen molar-refractivity contribution in [2.24, 2.45) is 5.92 Å². The molecule has 0 spiro atoms. The lowest BCUT2D eigenvalue weighted by molar-refractivity contribution is -0.132. The van der Waals surface area contributed by atoms with Crippen molar-refractivity contribution in [3.63, 3.8) is 0 Å². The van der Waals surface area contributed by atoms with Gasteiger partial charge < -0.3 is 5.11 Å². The summed E-state index contributed by atoms with van der Waals surface area (Å²) < 4.78 is 0. The molecule has 0 rings (SSSR count). The lowest BCUT2D eigenvalue weighted by atomic mass is 10.1. The standard InChI is InChI=1S/C12H23NO2/c1-9(2)8-13(10(3)4)7-6-11(5)12(14)15/h6,9-10H,7-8H2,1-5H3,(H,14,15). The molecule has 0 aromatic rings. The predicted molar refractivity (Wildman–Crippen MR) is 62.9 cm³/mol. The topological polar surface area (TPSA) is 40.5 Å². The second-order valence-corrected chi connectivity index (χ2v) is 4.63. The first kappa shape index (κ1) is 14.2. The minimum Gasteiger partial charge on any atom is -0.478 e. The molecule has 0 aliphatic carbocycles. The lowest BCUT2D eigenvalue weighted by Crippen LogP contribution is -2.34. The minimum atomic E-state index is -0.830. The Balaban J connectivity index is 4.30. The highest BCUT2D eigenvalue weighted by Crippen LogP contribution is 2.05. The SMILES string of the molecule is CC(=CCN(CC(C)C)C(C)C)C(=O)O. The summed E-state index contributed by atoms with van der Waals surface area (Å²) in [7, 11) is 0. The largest absolute Gasteiger partial charge is 0.478 e. The van der Waals surface area contributed by atoms with Crippen molar-refractivity contribution in [3.05, 3.63) is 11.6 Å². The third kappa shape index (κ3) is 6.28. The van der Waals surface area contributed by atoms with Gasteiger partial charge in [0.2, 0.25) is 0 Å². The monoisotopic (exact) mass is 213 g/mol. The zero-order valence-corrected chi connectivity index (χ0v) is 10.4. The second-order valence-electron chi connectivity index (χ2n) is 4.63. The summed E-state index contributed by atoms with van der Waals surface area (Å²) in [6.45, 7) is 12.0. The van der Waals surface area contributed by atoms with E-state index < -0.39 is 5.97 Å². The summed E-state index contributed by atoms with van der Waals surface area (Å²) in [4.78, 5) is 12.9. The molecule has 0 atom stereocenters. The molecule has 0 heterocycles. The Bertz CT molecular complexity index is 232. The van der Waals surface area contributed by atoms with Gasteiger partial charge in [-0.25, -0.2) is 4.79 Å². The Morgan fingerprint density at radius 2 is 1.87 bits per heavy atom. The van der Waals surface area contributed by atoms with Crippen LogP contribution in [0.25, 0.3) is 0 Å². The fraction of sp³-hybridized carbons (Fsp3) is 0.750. The molecule has 0 saturated carbocycles. The molecule has 0 saturated heterocycles. The van der Waals surface area contributed by atoms with Gasteiger partial charge in [0.05, 0.1) is 0 Å². The molecular weight excluding hydrogens is 190 g/mol. The van der Waals surface area contributed by atoms with Crippen LogP contribution in [0.1, 0.15) is 34.6 Å². The maximum atomic E-state index is 10.6. The molecule has 0 fully saturated rings. The highest BCUT2D eigenvalue weighted by atomic mass is 16.4. The van der Waals surface area contributed by atoms with Gasteiger partial charge in [0.1, 0.15) is 0 Å². The van der Waals surface area contributed by atoms with Crippen LogP contribution in [0.3, 0.4) is 0 Å². The van der Waals surface area contributed by atoms with E-state index in [1.807, 2.05) is 0 Å². The van der Waals surface area contributed by atoms with E-state index in [-0.39, 0.29) is 0 Å². The van der Waals surface area contributed by atoms with Crippen LogP contribution < -0.4 is 0 Å². The highest BCUT2D eigenvalue weighted by Gasteiger charge is 2.10. The number of nitrogens with zero attached hydrogens (tertiary/aromatic N) is 1. The van der Waals surface area contributed by atoms with Crippen molar-refractivity contribution in [1.82, 2.24) is 4.90 Å². The zero-order chi connectivity index (χ0) is 12.0. The van der Waals surface area contributed by atoms with Gasteiger partial charge in [0, 0.05) is 24.7 Å². The van der Waals surface area contributed by atoms with Gasteiger partial charge in [0.25, 0.3) is 0 Å². The molecule has 0 aliphatic heterocycles. The van der Waals surface area contributed by atoms with Crippen molar-refractivity contribution >= 4 is 5.97 Å². The molecule has 0 aromatic carbocycles. The summed E-state index contributed by atoms with van der Waals surface area (Å²) in [6, 6.07) is 0.449. The fourth-order valence-electron chi connectivity index (χ4n) is 1.31. The van der Waals surface area contributed by atoms with Gasteiger partial charge in [-0.2, -0.15) is 0 Å². The van der Waals surface area contributed by atoms with Gasteiger partial charge in [-0.3, -0.25) is 4.90 Å². The number of carboxylic acid groups (broad SMARTS) is 1. The van der Waals surface area contributed by atoms with Crippen LogP contribution in [-0.4, -0.2) is 35.1 Å². The number of aliphatic carboxylic acids is 1. The Morgan fingerprint density at radius 3 is 2.20 bits per heavy atom. The molecule has 88 valence electrons. The second kappa shape index (κ2) is 6.62. The Labute approximate surface area is 92.8 Å². The zero-order valence-electron chi connectivity index (χ0n) is 10.4. The summed E-state index contributed by atoms with van der Waals surface area (Å²) in [5.41, 5.74) is 0.421. The fourth-order valence-corrected chi connectivity index (χ4v) is 1.31. The average Bonchev–Trinajstić information content (AvgIpc) is 2.10. The molecule has 0 bridgehead atoms. The smallest absolute Gasteiger partial charge is 0.330 e. The molecule has 15 heavy (non-hydrogen) atoms. The van der Waals surface area contributed by atoms with Crippen LogP contribution in [0.2, 0.25) is 0 Å². The summed E-state index contributed by atoms with van der Waals surface area (Å²) in [5, 5.41) is 8.73. The predicted octanol–water partition coefficient (Wildman–Crippen LogP) is 2.38. The third-order valence-electron chi connectivity index (χ3n) is 2.30. The van der Waals surface area contributed by atoms with Crippen LogP contribution in [0.5, 0.6) is 0 Å². The van der Waals surface area contributed by atoms with E-state index >= 15 is 0 Å². The maximum absolute atomic E-state index is 10.6. The number of hydrogen-bond acceptors (Lipinski definition) is 2. The molecule has 3 heteroatoms. The van der Waals surface area contributed by atoms with Crippen molar-refractivity contribution in [2.45, 2.75) is 40.7 Å². The highest BCUT2D eigenvalue weighted by molar-refractivity contribution is 5.85. The number of rotatable bonds is 6. The normalized spacial score (nSPS) is 12.9. The van der Waals surface area contributed by atoms with Gasteiger partial charge in [-0.1, -0.05) is 19.9 Å².